The fraction of sp³-hybridized carbons (Fsp3) is 0.778. The molecular weight excluding hydrogens is 168 g/mol. The molecule has 0 fully saturated rings. The SMILES string of the molecule is CCCCC1(C(=O)NO)CCC=N1. The first-order chi connectivity index (χ1) is 6.25. The second-order valence-corrected chi connectivity index (χ2v) is 3.43. The number of rotatable bonds is 4. The molecule has 2 N–H and O–H groups in total. The maximum atomic E-state index is 11.4. The van der Waals surface area contributed by atoms with E-state index in [4.69, 9.17) is 5.21 Å². The number of amides is 1. The highest BCUT2D eigenvalue weighted by Crippen LogP contribution is 2.28. The number of hydroxylamine groups is 1. The van der Waals surface area contributed by atoms with Gasteiger partial charge in [-0.05, 0) is 19.3 Å². The highest BCUT2D eigenvalue weighted by molar-refractivity contribution is 5.88. The predicted molar refractivity (Wildman–Crippen MR) is 49.9 cm³/mol. The summed E-state index contributed by atoms with van der Waals surface area (Å²) in [5, 5.41) is 8.59. The van der Waals surface area contributed by atoms with Crippen molar-refractivity contribution in [1.82, 2.24) is 5.48 Å². The number of aliphatic imine (C=N–C) groups is 1. The first kappa shape index (κ1) is 10.2. The Kier molecular flexibility index (Phi) is 3.42. The van der Waals surface area contributed by atoms with E-state index >= 15 is 0 Å². The fourth-order valence-corrected chi connectivity index (χ4v) is 1.66. The third kappa shape index (κ3) is 2.06. The molecule has 0 saturated heterocycles. The molecule has 0 aromatic carbocycles. The van der Waals surface area contributed by atoms with Crippen molar-refractivity contribution in [2.75, 3.05) is 0 Å². The monoisotopic (exact) mass is 184 g/mol. The minimum absolute atomic E-state index is 0.366. The Bertz CT molecular complexity index is 216. The van der Waals surface area contributed by atoms with Crippen LogP contribution in [0.5, 0.6) is 0 Å². The molecule has 1 amide bonds. The van der Waals surface area contributed by atoms with Gasteiger partial charge in [0.05, 0.1) is 0 Å². The highest BCUT2D eigenvalue weighted by atomic mass is 16.5. The van der Waals surface area contributed by atoms with E-state index in [0.29, 0.717) is 0 Å². The Hall–Kier alpha value is -0.900. The molecule has 13 heavy (non-hydrogen) atoms. The lowest BCUT2D eigenvalue weighted by molar-refractivity contribution is -0.135. The molecule has 0 aromatic heterocycles. The number of hydrogen-bond donors (Lipinski definition) is 2. The van der Waals surface area contributed by atoms with Crippen molar-refractivity contribution in [3.8, 4) is 0 Å². The molecule has 1 atom stereocenters. The lowest BCUT2D eigenvalue weighted by atomic mass is 9.90. The van der Waals surface area contributed by atoms with Gasteiger partial charge in [0.25, 0.3) is 5.91 Å². The summed E-state index contributed by atoms with van der Waals surface area (Å²) in [6.45, 7) is 2.07. The van der Waals surface area contributed by atoms with Crippen LogP contribution in [0.3, 0.4) is 0 Å². The summed E-state index contributed by atoms with van der Waals surface area (Å²) < 4.78 is 0. The maximum Gasteiger partial charge on any atom is 0.271 e. The van der Waals surface area contributed by atoms with Gasteiger partial charge in [-0.1, -0.05) is 19.8 Å². The number of nitrogens with one attached hydrogen (secondary N) is 1. The van der Waals surface area contributed by atoms with E-state index in [1.165, 1.54) is 0 Å². The Labute approximate surface area is 78.0 Å². The van der Waals surface area contributed by atoms with Gasteiger partial charge in [0, 0.05) is 6.21 Å². The third-order valence-electron chi connectivity index (χ3n) is 2.49. The highest BCUT2D eigenvalue weighted by Gasteiger charge is 2.38. The van der Waals surface area contributed by atoms with Crippen LogP contribution in [0.4, 0.5) is 0 Å². The molecule has 1 heterocycles. The lowest BCUT2D eigenvalue weighted by Crippen LogP contribution is -2.42. The van der Waals surface area contributed by atoms with E-state index in [1.54, 1.807) is 11.7 Å². The van der Waals surface area contributed by atoms with E-state index in [9.17, 15) is 4.79 Å². The van der Waals surface area contributed by atoms with E-state index in [0.717, 1.165) is 32.1 Å². The molecule has 4 heteroatoms. The van der Waals surface area contributed by atoms with Crippen molar-refractivity contribution in [2.45, 2.75) is 44.6 Å². The van der Waals surface area contributed by atoms with Crippen molar-refractivity contribution in [1.29, 1.82) is 0 Å². The first-order valence-corrected chi connectivity index (χ1v) is 4.73. The summed E-state index contributed by atoms with van der Waals surface area (Å²) in [5.74, 6) is -0.366. The molecular formula is C9H16N2O2. The Balaban J connectivity index is 2.64. The van der Waals surface area contributed by atoms with Gasteiger partial charge in [0.2, 0.25) is 0 Å². The quantitative estimate of drug-likeness (QED) is 0.510. The molecule has 1 aliphatic rings. The molecule has 0 bridgehead atoms. The zero-order valence-corrected chi connectivity index (χ0v) is 7.92. The average molecular weight is 184 g/mol. The van der Waals surface area contributed by atoms with Crippen LogP contribution in [0.2, 0.25) is 0 Å². The van der Waals surface area contributed by atoms with Crippen molar-refractivity contribution in [2.24, 2.45) is 4.99 Å². The normalized spacial score (nSPS) is 26.3. The van der Waals surface area contributed by atoms with E-state index < -0.39 is 5.54 Å². The number of carbonyl (C=O) groups excluding carboxylic acids is 1. The van der Waals surface area contributed by atoms with Gasteiger partial charge in [0.1, 0.15) is 5.54 Å². The molecule has 0 aliphatic carbocycles. The van der Waals surface area contributed by atoms with Crippen molar-refractivity contribution < 1.29 is 10.0 Å². The molecule has 4 nitrogen and oxygen atoms in total. The van der Waals surface area contributed by atoms with Gasteiger partial charge < -0.3 is 0 Å². The fourth-order valence-electron chi connectivity index (χ4n) is 1.66. The molecule has 74 valence electrons. The molecule has 1 aliphatic heterocycles. The van der Waals surface area contributed by atoms with Crippen LogP contribution in [-0.2, 0) is 4.79 Å². The van der Waals surface area contributed by atoms with Gasteiger partial charge in [-0.15, -0.1) is 0 Å². The summed E-state index contributed by atoms with van der Waals surface area (Å²) in [6, 6.07) is 0. The average Bonchev–Trinajstić information content (AvgIpc) is 2.63. The summed E-state index contributed by atoms with van der Waals surface area (Å²) in [5.41, 5.74) is 1.03. The van der Waals surface area contributed by atoms with Crippen molar-refractivity contribution in [3.63, 3.8) is 0 Å². The third-order valence-corrected chi connectivity index (χ3v) is 2.49. The van der Waals surface area contributed by atoms with Crippen LogP contribution < -0.4 is 5.48 Å². The Morgan fingerprint density at radius 2 is 2.54 bits per heavy atom. The van der Waals surface area contributed by atoms with E-state index in [1.807, 2.05) is 0 Å². The van der Waals surface area contributed by atoms with Gasteiger partial charge in [0.15, 0.2) is 0 Å². The predicted octanol–water partition coefficient (Wildman–Crippen LogP) is 1.29. The largest absolute Gasteiger partial charge is 0.289 e. The molecule has 0 aromatic rings. The van der Waals surface area contributed by atoms with E-state index in [-0.39, 0.29) is 5.91 Å². The summed E-state index contributed by atoms with van der Waals surface area (Å²) >= 11 is 0. The molecule has 1 unspecified atom stereocenters. The minimum Gasteiger partial charge on any atom is -0.289 e. The van der Waals surface area contributed by atoms with Gasteiger partial charge in [-0.25, -0.2) is 5.48 Å². The topological polar surface area (TPSA) is 61.7 Å². The van der Waals surface area contributed by atoms with Crippen LogP contribution >= 0.6 is 0 Å². The van der Waals surface area contributed by atoms with E-state index in [2.05, 4.69) is 11.9 Å². The van der Waals surface area contributed by atoms with Crippen molar-refractivity contribution in [3.05, 3.63) is 0 Å². The second-order valence-electron chi connectivity index (χ2n) is 3.43. The second kappa shape index (κ2) is 4.37. The van der Waals surface area contributed by atoms with Crippen LogP contribution in [0, 0.1) is 0 Å². The summed E-state index contributed by atoms with van der Waals surface area (Å²) in [7, 11) is 0. The summed E-state index contributed by atoms with van der Waals surface area (Å²) in [6.07, 6.45) is 6.05. The van der Waals surface area contributed by atoms with Crippen LogP contribution in [0.1, 0.15) is 39.0 Å². The Morgan fingerprint density at radius 1 is 1.77 bits per heavy atom. The van der Waals surface area contributed by atoms with Gasteiger partial charge in [-0.3, -0.25) is 15.0 Å². The number of unbranched alkanes of at least 4 members (excludes halogenated alkanes) is 1. The standard InChI is InChI=1S/C9H16N2O2/c1-2-3-5-9(8(12)11-13)6-4-7-10-9/h7,13H,2-6H2,1H3,(H,11,12). The van der Waals surface area contributed by atoms with Gasteiger partial charge in [-0.2, -0.15) is 0 Å². The summed E-state index contributed by atoms with van der Waals surface area (Å²) in [4.78, 5) is 15.5. The van der Waals surface area contributed by atoms with Crippen LogP contribution in [0.15, 0.2) is 4.99 Å². The van der Waals surface area contributed by atoms with Crippen LogP contribution in [-0.4, -0.2) is 22.9 Å². The number of hydrogen-bond acceptors (Lipinski definition) is 3. The molecule has 0 radical (unpaired) electrons. The molecule has 1 rings (SSSR count). The lowest BCUT2D eigenvalue weighted by Gasteiger charge is -2.22. The zero-order valence-electron chi connectivity index (χ0n) is 7.92. The molecule has 0 saturated carbocycles. The first-order valence-electron chi connectivity index (χ1n) is 4.73. The Morgan fingerprint density at radius 3 is 3.00 bits per heavy atom. The smallest absolute Gasteiger partial charge is 0.271 e. The molecule has 0 spiro atoms. The maximum absolute atomic E-state index is 11.4. The van der Waals surface area contributed by atoms with Gasteiger partial charge >= 0.3 is 0 Å². The number of carbonyl (C=O) groups is 1. The van der Waals surface area contributed by atoms with Crippen molar-refractivity contribution >= 4 is 12.1 Å². The zero-order chi connectivity index (χ0) is 9.73. The number of nitrogens with zero attached hydrogens (tertiary/aromatic N) is 1. The van der Waals surface area contributed by atoms with Crippen LogP contribution in [0.25, 0.3) is 0 Å². The minimum atomic E-state index is -0.676.